The first-order valence-electron chi connectivity index (χ1n) is 4.38. The summed E-state index contributed by atoms with van der Waals surface area (Å²) in [6.45, 7) is 3.47. The van der Waals surface area contributed by atoms with Crippen LogP contribution in [0.4, 0.5) is 0 Å². The first kappa shape index (κ1) is 11.4. The highest BCUT2D eigenvalue weighted by molar-refractivity contribution is 5.17. The van der Waals surface area contributed by atoms with E-state index in [0.717, 1.165) is 0 Å². The van der Waals surface area contributed by atoms with Crippen molar-refractivity contribution in [3.8, 4) is 0 Å². The highest BCUT2D eigenvalue weighted by Crippen LogP contribution is 2.16. The first-order valence-corrected chi connectivity index (χ1v) is 4.38. The Morgan fingerprint density at radius 3 is 2.25 bits per heavy atom. The maximum atomic E-state index is 7.62. The summed E-state index contributed by atoms with van der Waals surface area (Å²) in [5.74, 6) is 0. The van der Waals surface area contributed by atoms with Gasteiger partial charge in [0.1, 0.15) is 0 Å². The van der Waals surface area contributed by atoms with Crippen LogP contribution in [0.1, 0.15) is 25.7 Å². The Labute approximate surface area is 74.2 Å². The smallest absolute Gasteiger partial charge is 0.0662 e. The summed E-state index contributed by atoms with van der Waals surface area (Å²) in [4.78, 5) is 0. The molecule has 2 heteroatoms. The van der Waals surface area contributed by atoms with Crippen LogP contribution in [0.25, 0.3) is 0 Å². The van der Waals surface area contributed by atoms with E-state index in [1.54, 1.807) is 0 Å². The SMILES string of the molecule is C=CC1=CCCCC1.OCCO. The third-order valence-corrected chi connectivity index (χ3v) is 1.69. The fourth-order valence-corrected chi connectivity index (χ4v) is 1.05. The zero-order chi connectivity index (χ0) is 9.23. The molecule has 0 heterocycles. The molecule has 0 spiro atoms. The molecule has 0 aliphatic heterocycles. The monoisotopic (exact) mass is 170 g/mol. The van der Waals surface area contributed by atoms with Crippen molar-refractivity contribution in [3.05, 3.63) is 24.3 Å². The Balaban J connectivity index is 0.000000261. The number of rotatable bonds is 2. The van der Waals surface area contributed by atoms with Crippen molar-refractivity contribution >= 4 is 0 Å². The van der Waals surface area contributed by atoms with Crippen molar-refractivity contribution in [2.75, 3.05) is 13.2 Å². The van der Waals surface area contributed by atoms with Crippen LogP contribution in [0.2, 0.25) is 0 Å². The molecule has 0 fully saturated rings. The van der Waals surface area contributed by atoms with Gasteiger partial charge in [0.2, 0.25) is 0 Å². The first-order chi connectivity index (χ1) is 5.85. The van der Waals surface area contributed by atoms with Crippen LogP contribution in [0.3, 0.4) is 0 Å². The summed E-state index contributed by atoms with van der Waals surface area (Å²) in [5, 5.41) is 15.2. The molecule has 0 unspecified atom stereocenters. The maximum absolute atomic E-state index is 7.62. The van der Waals surface area contributed by atoms with E-state index in [2.05, 4.69) is 12.7 Å². The summed E-state index contributed by atoms with van der Waals surface area (Å²) in [6.07, 6.45) is 9.51. The highest BCUT2D eigenvalue weighted by atomic mass is 16.3. The van der Waals surface area contributed by atoms with Crippen LogP contribution in [0.15, 0.2) is 24.3 Å². The Morgan fingerprint density at radius 2 is 2.00 bits per heavy atom. The van der Waals surface area contributed by atoms with Crippen molar-refractivity contribution in [2.24, 2.45) is 0 Å². The summed E-state index contributed by atoms with van der Waals surface area (Å²) in [7, 11) is 0. The molecule has 2 nitrogen and oxygen atoms in total. The van der Waals surface area contributed by atoms with Gasteiger partial charge in [0.15, 0.2) is 0 Å². The molecule has 0 amide bonds. The van der Waals surface area contributed by atoms with Crippen molar-refractivity contribution < 1.29 is 10.2 Å². The van der Waals surface area contributed by atoms with Gasteiger partial charge in [-0.25, -0.2) is 0 Å². The zero-order valence-corrected chi connectivity index (χ0v) is 7.50. The quantitative estimate of drug-likeness (QED) is 0.661. The summed E-state index contributed by atoms with van der Waals surface area (Å²) in [5.41, 5.74) is 1.44. The van der Waals surface area contributed by atoms with E-state index < -0.39 is 0 Å². The Morgan fingerprint density at radius 1 is 1.33 bits per heavy atom. The van der Waals surface area contributed by atoms with E-state index in [1.807, 2.05) is 6.08 Å². The van der Waals surface area contributed by atoms with Gasteiger partial charge in [0.25, 0.3) is 0 Å². The Bertz CT molecular complexity index is 137. The molecule has 0 radical (unpaired) electrons. The van der Waals surface area contributed by atoms with Gasteiger partial charge in [-0.15, -0.1) is 0 Å². The molecule has 0 aromatic heterocycles. The van der Waals surface area contributed by atoms with Crippen molar-refractivity contribution in [3.63, 3.8) is 0 Å². The average Bonchev–Trinajstić information content (AvgIpc) is 2.19. The minimum atomic E-state index is -0.125. The molecule has 1 rings (SSSR count). The molecule has 70 valence electrons. The van der Waals surface area contributed by atoms with E-state index in [4.69, 9.17) is 10.2 Å². The lowest BCUT2D eigenvalue weighted by atomic mass is 10.0. The largest absolute Gasteiger partial charge is 0.394 e. The standard InChI is InChI=1S/C8H12.C2H6O2/c1-2-8-6-4-3-5-7-8;3-1-2-4/h2,6H,1,3-5,7H2;3-4H,1-2H2. The Hall–Kier alpha value is -0.600. The summed E-state index contributed by atoms with van der Waals surface area (Å²) >= 11 is 0. The van der Waals surface area contributed by atoms with Crippen LogP contribution >= 0.6 is 0 Å². The summed E-state index contributed by atoms with van der Waals surface area (Å²) < 4.78 is 0. The minimum absolute atomic E-state index is 0.125. The van der Waals surface area contributed by atoms with E-state index in [-0.39, 0.29) is 13.2 Å². The van der Waals surface area contributed by atoms with Crippen LogP contribution in [-0.2, 0) is 0 Å². The van der Waals surface area contributed by atoms with Gasteiger partial charge in [0.05, 0.1) is 13.2 Å². The molecule has 0 saturated carbocycles. The van der Waals surface area contributed by atoms with Gasteiger partial charge in [-0.2, -0.15) is 0 Å². The number of aliphatic hydroxyl groups is 2. The lowest BCUT2D eigenvalue weighted by Crippen LogP contribution is -1.86. The molecule has 1 aliphatic carbocycles. The predicted octanol–water partition coefficient (Wildman–Crippen LogP) is 1.64. The van der Waals surface area contributed by atoms with Gasteiger partial charge >= 0.3 is 0 Å². The average molecular weight is 170 g/mol. The van der Waals surface area contributed by atoms with Gasteiger partial charge < -0.3 is 10.2 Å². The van der Waals surface area contributed by atoms with Gasteiger partial charge in [-0.1, -0.05) is 24.3 Å². The molecule has 0 saturated heterocycles. The minimum Gasteiger partial charge on any atom is -0.394 e. The third-order valence-electron chi connectivity index (χ3n) is 1.69. The maximum Gasteiger partial charge on any atom is 0.0662 e. The molecule has 0 atom stereocenters. The molecule has 0 bridgehead atoms. The van der Waals surface area contributed by atoms with Crippen molar-refractivity contribution in [1.82, 2.24) is 0 Å². The predicted molar refractivity (Wildman–Crippen MR) is 50.9 cm³/mol. The van der Waals surface area contributed by atoms with Crippen molar-refractivity contribution in [1.29, 1.82) is 0 Å². The number of hydrogen-bond acceptors (Lipinski definition) is 2. The van der Waals surface area contributed by atoms with Crippen LogP contribution in [0.5, 0.6) is 0 Å². The van der Waals surface area contributed by atoms with E-state index >= 15 is 0 Å². The highest BCUT2D eigenvalue weighted by Gasteiger charge is 1.97. The van der Waals surface area contributed by atoms with Gasteiger partial charge in [0, 0.05) is 0 Å². The summed E-state index contributed by atoms with van der Waals surface area (Å²) in [6, 6.07) is 0. The topological polar surface area (TPSA) is 40.5 Å². The molecule has 0 aromatic rings. The van der Waals surface area contributed by atoms with Crippen LogP contribution in [-0.4, -0.2) is 23.4 Å². The van der Waals surface area contributed by atoms with Gasteiger partial charge in [-0.05, 0) is 25.7 Å². The Kier molecular flexibility index (Phi) is 8.07. The fourth-order valence-electron chi connectivity index (χ4n) is 1.05. The lowest BCUT2D eigenvalue weighted by Gasteiger charge is -2.06. The van der Waals surface area contributed by atoms with Crippen LogP contribution < -0.4 is 0 Å². The third kappa shape index (κ3) is 6.13. The van der Waals surface area contributed by atoms with E-state index in [0.29, 0.717) is 0 Å². The number of allylic oxidation sites excluding steroid dienone is 3. The normalized spacial score (nSPS) is 15.7. The van der Waals surface area contributed by atoms with Crippen LogP contribution in [0, 0.1) is 0 Å². The second-order valence-electron chi connectivity index (χ2n) is 2.68. The number of aliphatic hydroxyl groups excluding tert-OH is 2. The molecular formula is C10H18O2. The molecule has 2 N–H and O–H groups in total. The molecule has 12 heavy (non-hydrogen) atoms. The molecular weight excluding hydrogens is 152 g/mol. The fraction of sp³-hybridized carbons (Fsp3) is 0.600. The van der Waals surface area contributed by atoms with E-state index in [1.165, 1.54) is 31.3 Å². The molecule has 0 aromatic carbocycles. The zero-order valence-electron chi connectivity index (χ0n) is 7.50. The lowest BCUT2D eigenvalue weighted by molar-refractivity contribution is 0.186. The molecule has 1 aliphatic rings. The number of hydrogen-bond donors (Lipinski definition) is 2. The van der Waals surface area contributed by atoms with Gasteiger partial charge in [-0.3, -0.25) is 0 Å². The van der Waals surface area contributed by atoms with Crippen molar-refractivity contribution in [2.45, 2.75) is 25.7 Å². The second kappa shape index (κ2) is 8.50. The van der Waals surface area contributed by atoms with E-state index in [9.17, 15) is 0 Å². The second-order valence-corrected chi connectivity index (χ2v) is 2.68.